The number of carbonyl (C=O) groups excluding carboxylic acids is 1. The van der Waals surface area contributed by atoms with E-state index in [1.807, 2.05) is 38.1 Å². The highest BCUT2D eigenvalue weighted by atomic mass is 79.9. The van der Waals surface area contributed by atoms with Gasteiger partial charge in [0.1, 0.15) is 5.75 Å². The van der Waals surface area contributed by atoms with Crippen LogP contribution in [0.25, 0.3) is 0 Å². The number of hydrogen-bond donors (Lipinski definition) is 0. The Bertz CT molecular complexity index is 442. The molecule has 0 bridgehead atoms. The Labute approximate surface area is 121 Å². The number of morpholine rings is 1. The molecule has 1 fully saturated rings. The van der Waals surface area contributed by atoms with Gasteiger partial charge in [-0.2, -0.15) is 0 Å². The zero-order chi connectivity index (χ0) is 13.8. The predicted molar refractivity (Wildman–Crippen MR) is 76.2 cm³/mol. The first-order valence-electron chi connectivity index (χ1n) is 6.37. The minimum absolute atomic E-state index is 0.00208. The molecule has 0 radical (unpaired) electrons. The van der Waals surface area contributed by atoms with Crippen molar-refractivity contribution >= 4 is 21.8 Å². The van der Waals surface area contributed by atoms with Crippen molar-refractivity contribution < 1.29 is 14.3 Å². The van der Waals surface area contributed by atoms with Crippen molar-refractivity contribution in [3.8, 4) is 5.75 Å². The standard InChI is InChI=1S/C14H18BrNO3/c1-10-7-16(8-11(2)19-10)14(17)9-18-13-6-4-3-5-12(13)15/h3-6,10-11H,7-9H2,1-2H3/t10-,11-/m0/s1. The molecular formula is C14H18BrNO3. The number of ether oxygens (including phenoxy) is 2. The van der Waals surface area contributed by atoms with E-state index in [9.17, 15) is 4.79 Å². The fraction of sp³-hybridized carbons (Fsp3) is 0.500. The van der Waals surface area contributed by atoms with Crippen LogP contribution < -0.4 is 4.74 Å². The normalized spacial score (nSPS) is 23.2. The molecule has 1 aromatic carbocycles. The van der Waals surface area contributed by atoms with Gasteiger partial charge in [-0.3, -0.25) is 4.79 Å². The Morgan fingerprint density at radius 1 is 1.37 bits per heavy atom. The topological polar surface area (TPSA) is 38.8 Å². The van der Waals surface area contributed by atoms with Crippen molar-refractivity contribution in [3.63, 3.8) is 0 Å². The van der Waals surface area contributed by atoms with Gasteiger partial charge >= 0.3 is 0 Å². The van der Waals surface area contributed by atoms with Crippen LogP contribution in [0.4, 0.5) is 0 Å². The molecule has 0 spiro atoms. The molecule has 1 amide bonds. The average Bonchev–Trinajstić information content (AvgIpc) is 2.36. The second-order valence-electron chi connectivity index (χ2n) is 4.78. The lowest BCUT2D eigenvalue weighted by atomic mass is 10.2. The molecule has 1 aliphatic heterocycles. The third kappa shape index (κ3) is 3.94. The van der Waals surface area contributed by atoms with Gasteiger partial charge in [-0.25, -0.2) is 0 Å². The zero-order valence-electron chi connectivity index (χ0n) is 11.1. The molecule has 2 atom stereocenters. The first kappa shape index (κ1) is 14.3. The smallest absolute Gasteiger partial charge is 0.260 e. The van der Waals surface area contributed by atoms with Crippen molar-refractivity contribution in [1.82, 2.24) is 4.90 Å². The summed E-state index contributed by atoms with van der Waals surface area (Å²) in [5.41, 5.74) is 0. The maximum absolute atomic E-state index is 12.1. The molecule has 1 aliphatic rings. The minimum Gasteiger partial charge on any atom is -0.483 e. The van der Waals surface area contributed by atoms with Crippen LogP contribution in [0.15, 0.2) is 28.7 Å². The zero-order valence-corrected chi connectivity index (χ0v) is 12.7. The van der Waals surface area contributed by atoms with Crippen molar-refractivity contribution in [2.75, 3.05) is 19.7 Å². The Morgan fingerprint density at radius 2 is 2.00 bits per heavy atom. The summed E-state index contributed by atoms with van der Waals surface area (Å²) in [7, 11) is 0. The SMILES string of the molecule is C[C@H]1CN(C(=O)COc2ccccc2Br)C[C@H](C)O1. The van der Waals surface area contributed by atoms with Crippen LogP contribution in [0, 0.1) is 0 Å². The van der Waals surface area contributed by atoms with Crippen LogP contribution in [0.2, 0.25) is 0 Å². The third-order valence-corrected chi connectivity index (χ3v) is 3.62. The van der Waals surface area contributed by atoms with Crippen molar-refractivity contribution in [3.05, 3.63) is 28.7 Å². The lowest BCUT2D eigenvalue weighted by Gasteiger charge is -2.35. The van der Waals surface area contributed by atoms with Gasteiger partial charge in [-0.05, 0) is 41.9 Å². The second-order valence-corrected chi connectivity index (χ2v) is 5.63. The van der Waals surface area contributed by atoms with E-state index in [1.54, 1.807) is 4.90 Å². The van der Waals surface area contributed by atoms with Crippen LogP contribution >= 0.6 is 15.9 Å². The van der Waals surface area contributed by atoms with E-state index >= 15 is 0 Å². The molecule has 0 aliphatic carbocycles. The molecule has 1 aromatic rings. The van der Waals surface area contributed by atoms with Crippen molar-refractivity contribution in [1.29, 1.82) is 0 Å². The Kier molecular flexibility index (Phi) is 4.82. The molecule has 4 nitrogen and oxygen atoms in total. The molecule has 1 saturated heterocycles. The van der Waals surface area contributed by atoms with Gasteiger partial charge in [-0.1, -0.05) is 12.1 Å². The van der Waals surface area contributed by atoms with Crippen molar-refractivity contribution in [2.45, 2.75) is 26.1 Å². The van der Waals surface area contributed by atoms with Crippen LogP contribution in [0.3, 0.4) is 0 Å². The van der Waals surface area contributed by atoms with Gasteiger partial charge in [0.2, 0.25) is 0 Å². The summed E-state index contributed by atoms with van der Waals surface area (Å²) in [6, 6.07) is 7.51. The Morgan fingerprint density at radius 3 is 2.63 bits per heavy atom. The van der Waals surface area contributed by atoms with E-state index in [4.69, 9.17) is 9.47 Å². The number of nitrogens with zero attached hydrogens (tertiary/aromatic N) is 1. The molecule has 1 heterocycles. The van der Waals surface area contributed by atoms with Gasteiger partial charge in [-0.15, -0.1) is 0 Å². The highest BCUT2D eigenvalue weighted by Crippen LogP contribution is 2.23. The van der Waals surface area contributed by atoms with Gasteiger partial charge in [0.15, 0.2) is 6.61 Å². The van der Waals surface area contributed by atoms with Crippen LogP contribution in [-0.2, 0) is 9.53 Å². The maximum atomic E-state index is 12.1. The van der Waals surface area contributed by atoms with E-state index in [1.165, 1.54) is 0 Å². The van der Waals surface area contributed by atoms with Crippen LogP contribution in [-0.4, -0.2) is 42.7 Å². The van der Waals surface area contributed by atoms with E-state index in [2.05, 4.69) is 15.9 Å². The Hall–Kier alpha value is -1.07. The molecule has 0 unspecified atom stereocenters. The monoisotopic (exact) mass is 327 g/mol. The summed E-state index contributed by atoms with van der Waals surface area (Å²) in [4.78, 5) is 13.9. The molecule has 0 saturated carbocycles. The molecular weight excluding hydrogens is 310 g/mol. The van der Waals surface area contributed by atoms with E-state index < -0.39 is 0 Å². The fourth-order valence-electron chi connectivity index (χ4n) is 2.17. The van der Waals surface area contributed by atoms with Crippen LogP contribution in [0.1, 0.15) is 13.8 Å². The maximum Gasteiger partial charge on any atom is 0.260 e. The molecule has 104 valence electrons. The molecule has 5 heteroatoms. The summed E-state index contributed by atoms with van der Waals surface area (Å²) in [6.45, 7) is 5.27. The van der Waals surface area contributed by atoms with Crippen LogP contribution in [0.5, 0.6) is 5.75 Å². The third-order valence-electron chi connectivity index (χ3n) is 2.96. The lowest BCUT2D eigenvalue weighted by molar-refractivity contribution is -0.145. The molecule has 19 heavy (non-hydrogen) atoms. The van der Waals surface area contributed by atoms with E-state index in [0.717, 1.165) is 4.47 Å². The predicted octanol–water partition coefficient (Wildman–Crippen LogP) is 2.46. The highest BCUT2D eigenvalue weighted by Gasteiger charge is 2.26. The van der Waals surface area contributed by atoms with Gasteiger partial charge in [0, 0.05) is 13.1 Å². The van der Waals surface area contributed by atoms with Gasteiger partial charge < -0.3 is 14.4 Å². The summed E-state index contributed by atoms with van der Waals surface area (Å²) in [5, 5.41) is 0. The minimum atomic E-state index is -0.00208. The number of carbonyl (C=O) groups is 1. The first-order chi connectivity index (χ1) is 9.06. The molecule has 0 aromatic heterocycles. The molecule has 2 rings (SSSR count). The van der Waals surface area contributed by atoms with Gasteiger partial charge in [0.25, 0.3) is 5.91 Å². The summed E-state index contributed by atoms with van der Waals surface area (Å²) >= 11 is 3.39. The van der Waals surface area contributed by atoms with E-state index in [-0.39, 0.29) is 24.7 Å². The lowest BCUT2D eigenvalue weighted by Crippen LogP contribution is -2.49. The number of para-hydroxylation sites is 1. The number of benzene rings is 1. The summed E-state index contributed by atoms with van der Waals surface area (Å²) < 4.78 is 12.0. The summed E-state index contributed by atoms with van der Waals surface area (Å²) in [5.74, 6) is 0.683. The first-order valence-corrected chi connectivity index (χ1v) is 7.16. The van der Waals surface area contributed by atoms with E-state index in [0.29, 0.717) is 18.8 Å². The fourth-order valence-corrected chi connectivity index (χ4v) is 2.57. The number of halogens is 1. The number of rotatable bonds is 3. The number of amides is 1. The summed E-state index contributed by atoms with van der Waals surface area (Å²) in [6.07, 6.45) is 0.160. The second kappa shape index (κ2) is 6.39. The highest BCUT2D eigenvalue weighted by molar-refractivity contribution is 9.10. The molecule has 0 N–H and O–H groups in total. The largest absolute Gasteiger partial charge is 0.483 e. The number of hydrogen-bond acceptors (Lipinski definition) is 3. The average molecular weight is 328 g/mol. The van der Waals surface area contributed by atoms with Gasteiger partial charge in [0.05, 0.1) is 16.7 Å². The quantitative estimate of drug-likeness (QED) is 0.856. The van der Waals surface area contributed by atoms with Crippen molar-refractivity contribution in [2.24, 2.45) is 0 Å². The Balaban J connectivity index is 1.89.